The Hall–Kier alpha value is -2.60. The van der Waals surface area contributed by atoms with E-state index >= 15 is 0 Å². The van der Waals surface area contributed by atoms with Crippen LogP contribution in [-0.4, -0.2) is 40.8 Å². The Morgan fingerprint density at radius 1 is 1.25 bits per heavy atom. The summed E-state index contributed by atoms with van der Waals surface area (Å²) in [5.41, 5.74) is 2.80. The number of hydrogen-bond donors (Lipinski definition) is 2. The molecular formula is C18H21N5O. The zero-order valence-corrected chi connectivity index (χ0v) is 13.7. The van der Waals surface area contributed by atoms with Crippen LogP contribution in [0.2, 0.25) is 0 Å². The molecule has 3 aromatic rings. The molecule has 124 valence electrons. The zero-order chi connectivity index (χ0) is 16.4. The minimum absolute atomic E-state index is 0.420. The minimum atomic E-state index is 0.420. The number of anilines is 1. The fourth-order valence-corrected chi connectivity index (χ4v) is 3.24. The number of aromatic nitrogens is 3. The average Bonchev–Trinajstić information content (AvgIpc) is 3.07. The van der Waals surface area contributed by atoms with Crippen molar-refractivity contribution in [3.63, 3.8) is 0 Å². The highest BCUT2D eigenvalue weighted by molar-refractivity contribution is 5.81. The number of hydrogen-bond acceptors (Lipinski definition) is 5. The van der Waals surface area contributed by atoms with Crippen LogP contribution in [-0.2, 0) is 0 Å². The summed E-state index contributed by atoms with van der Waals surface area (Å²) < 4.78 is 7.35. The van der Waals surface area contributed by atoms with E-state index in [0.717, 1.165) is 47.9 Å². The van der Waals surface area contributed by atoms with Gasteiger partial charge in [-0.25, -0.2) is 4.98 Å². The van der Waals surface area contributed by atoms with Crippen LogP contribution < -0.4 is 15.4 Å². The van der Waals surface area contributed by atoms with Gasteiger partial charge in [-0.2, -0.15) is 9.61 Å². The van der Waals surface area contributed by atoms with E-state index in [1.54, 1.807) is 7.11 Å². The monoisotopic (exact) mass is 323 g/mol. The molecule has 0 saturated carbocycles. The summed E-state index contributed by atoms with van der Waals surface area (Å²) in [5.74, 6) is 1.79. The summed E-state index contributed by atoms with van der Waals surface area (Å²) in [6.45, 7) is 2.08. The number of nitrogens with zero attached hydrogens (tertiary/aromatic N) is 3. The van der Waals surface area contributed by atoms with Gasteiger partial charge in [-0.1, -0.05) is 18.2 Å². The van der Waals surface area contributed by atoms with Crippen molar-refractivity contribution in [3.05, 3.63) is 42.7 Å². The predicted octanol–water partition coefficient (Wildman–Crippen LogP) is 2.57. The fourth-order valence-electron chi connectivity index (χ4n) is 3.24. The molecule has 2 aromatic heterocycles. The van der Waals surface area contributed by atoms with Gasteiger partial charge >= 0.3 is 0 Å². The topological polar surface area (TPSA) is 63.5 Å². The minimum Gasteiger partial charge on any atom is -0.496 e. The second-order valence-corrected chi connectivity index (χ2v) is 6.01. The molecule has 0 bridgehead atoms. The second kappa shape index (κ2) is 6.49. The summed E-state index contributed by atoms with van der Waals surface area (Å²) in [5, 5.41) is 11.6. The molecular weight excluding hydrogens is 302 g/mol. The number of nitrogens with one attached hydrogen (secondary N) is 2. The Labute approximate surface area is 140 Å². The predicted molar refractivity (Wildman–Crippen MR) is 94.5 cm³/mol. The number of benzene rings is 1. The van der Waals surface area contributed by atoms with E-state index < -0.39 is 0 Å². The van der Waals surface area contributed by atoms with Gasteiger partial charge in [-0.3, -0.25) is 0 Å². The molecule has 6 heteroatoms. The summed E-state index contributed by atoms with van der Waals surface area (Å²) in [4.78, 5) is 4.54. The lowest BCUT2D eigenvalue weighted by Gasteiger charge is -2.24. The van der Waals surface area contributed by atoms with Crippen molar-refractivity contribution in [2.75, 3.05) is 25.5 Å². The molecule has 0 radical (unpaired) electrons. The first-order valence-electron chi connectivity index (χ1n) is 8.30. The van der Waals surface area contributed by atoms with Gasteiger partial charge in [-0.05, 0) is 31.5 Å². The lowest BCUT2D eigenvalue weighted by Crippen LogP contribution is -2.38. The molecule has 4 rings (SSSR count). The van der Waals surface area contributed by atoms with Crippen LogP contribution in [0.1, 0.15) is 12.8 Å². The van der Waals surface area contributed by atoms with E-state index in [1.807, 2.05) is 47.2 Å². The van der Waals surface area contributed by atoms with Crippen molar-refractivity contribution < 1.29 is 4.74 Å². The van der Waals surface area contributed by atoms with Crippen molar-refractivity contribution in [1.29, 1.82) is 0 Å². The summed E-state index contributed by atoms with van der Waals surface area (Å²) >= 11 is 0. The molecule has 0 aliphatic carbocycles. The third-order valence-electron chi connectivity index (χ3n) is 4.45. The number of para-hydroxylation sites is 1. The van der Waals surface area contributed by atoms with Gasteiger partial charge in [-0.15, -0.1) is 0 Å². The molecule has 2 N–H and O–H groups in total. The van der Waals surface area contributed by atoms with Crippen molar-refractivity contribution in [3.8, 4) is 16.9 Å². The fraction of sp³-hybridized carbons (Fsp3) is 0.333. The van der Waals surface area contributed by atoms with E-state index in [-0.39, 0.29) is 0 Å². The molecule has 6 nitrogen and oxygen atoms in total. The van der Waals surface area contributed by atoms with Gasteiger partial charge in [0.1, 0.15) is 11.6 Å². The highest BCUT2D eigenvalue weighted by Crippen LogP contribution is 2.32. The number of piperidine rings is 1. The number of ether oxygens (including phenoxy) is 1. The van der Waals surface area contributed by atoms with Gasteiger partial charge in [0.15, 0.2) is 5.65 Å². The van der Waals surface area contributed by atoms with Crippen LogP contribution in [0, 0.1) is 0 Å². The van der Waals surface area contributed by atoms with Crippen LogP contribution in [0.4, 0.5) is 5.82 Å². The Kier molecular flexibility index (Phi) is 4.04. The lowest BCUT2D eigenvalue weighted by molar-refractivity contribution is 0.416. The standard InChI is InChI=1S/C18H21N5O/c1-24-16-7-3-2-6-14(16)15-12-21-23-17(8-10-20-18(15)23)22-13-5-4-9-19-11-13/h2-3,6-8,10,12-13,19,22H,4-5,9,11H2,1H3. The van der Waals surface area contributed by atoms with Crippen LogP contribution >= 0.6 is 0 Å². The van der Waals surface area contributed by atoms with Crippen LogP contribution in [0.15, 0.2) is 42.7 Å². The molecule has 1 aromatic carbocycles. The maximum Gasteiger partial charge on any atom is 0.165 e. The molecule has 24 heavy (non-hydrogen) atoms. The number of fused-ring (bicyclic) bond motifs is 1. The second-order valence-electron chi connectivity index (χ2n) is 6.01. The first-order chi connectivity index (χ1) is 11.9. The van der Waals surface area contributed by atoms with Crippen molar-refractivity contribution in [1.82, 2.24) is 19.9 Å². The Morgan fingerprint density at radius 3 is 3.00 bits per heavy atom. The highest BCUT2D eigenvalue weighted by atomic mass is 16.5. The van der Waals surface area contributed by atoms with E-state index in [4.69, 9.17) is 4.74 Å². The molecule has 0 spiro atoms. The molecule has 1 unspecified atom stereocenters. The molecule has 1 saturated heterocycles. The van der Waals surface area contributed by atoms with E-state index in [0.29, 0.717) is 6.04 Å². The quantitative estimate of drug-likeness (QED) is 0.772. The van der Waals surface area contributed by atoms with Crippen molar-refractivity contribution in [2.24, 2.45) is 0 Å². The SMILES string of the molecule is COc1ccccc1-c1cnn2c(NC3CCCNC3)ccnc12. The Morgan fingerprint density at radius 2 is 2.17 bits per heavy atom. The molecule has 1 aliphatic heterocycles. The lowest BCUT2D eigenvalue weighted by atomic mass is 10.1. The molecule has 1 atom stereocenters. The van der Waals surface area contributed by atoms with Gasteiger partial charge in [0.25, 0.3) is 0 Å². The molecule has 0 amide bonds. The summed E-state index contributed by atoms with van der Waals surface area (Å²) in [7, 11) is 1.68. The summed E-state index contributed by atoms with van der Waals surface area (Å²) in [6.07, 6.45) is 6.04. The third-order valence-corrected chi connectivity index (χ3v) is 4.45. The Balaban J connectivity index is 1.73. The normalized spacial score (nSPS) is 17.8. The van der Waals surface area contributed by atoms with Crippen molar-refractivity contribution >= 4 is 11.5 Å². The van der Waals surface area contributed by atoms with Gasteiger partial charge in [0.05, 0.1) is 18.9 Å². The van der Waals surface area contributed by atoms with Crippen LogP contribution in [0.3, 0.4) is 0 Å². The van der Waals surface area contributed by atoms with Gasteiger partial charge in [0, 0.05) is 24.3 Å². The van der Waals surface area contributed by atoms with E-state index in [1.165, 1.54) is 6.42 Å². The first-order valence-corrected chi connectivity index (χ1v) is 8.30. The summed E-state index contributed by atoms with van der Waals surface area (Å²) in [6, 6.07) is 10.3. The maximum atomic E-state index is 5.48. The molecule has 3 heterocycles. The highest BCUT2D eigenvalue weighted by Gasteiger charge is 2.17. The van der Waals surface area contributed by atoms with E-state index in [9.17, 15) is 0 Å². The van der Waals surface area contributed by atoms with E-state index in [2.05, 4.69) is 20.7 Å². The smallest absolute Gasteiger partial charge is 0.165 e. The van der Waals surface area contributed by atoms with Gasteiger partial charge < -0.3 is 15.4 Å². The molecule has 1 aliphatic rings. The largest absolute Gasteiger partial charge is 0.496 e. The average molecular weight is 323 g/mol. The van der Waals surface area contributed by atoms with Crippen LogP contribution in [0.25, 0.3) is 16.8 Å². The zero-order valence-electron chi connectivity index (χ0n) is 13.7. The number of methoxy groups -OCH3 is 1. The third kappa shape index (κ3) is 2.69. The van der Waals surface area contributed by atoms with Crippen molar-refractivity contribution in [2.45, 2.75) is 18.9 Å². The first kappa shape index (κ1) is 15.0. The van der Waals surface area contributed by atoms with Crippen LogP contribution in [0.5, 0.6) is 5.75 Å². The van der Waals surface area contributed by atoms with Gasteiger partial charge in [0.2, 0.25) is 0 Å². The maximum absolute atomic E-state index is 5.48. The number of rotatable bonds is 4. The Bertz CT molecular complexity index is 838. The molecule has 1 fully saturated rings.